The minimum Gasteiger partial charge on any atom is -0.322 e. The van der Waals surface area contributed by atoms with Crippen molar-refractivity contribution in [3.8, 4) is 11.1 Å². The Kier molecular flexibility index (Phi) is 4.66. The standard InChI is InChI=1S/C24H24N4O/c1-14-7-6-8-19(11-14)22-17(4)27-28-18(5)20(13-25-23(22)28)24(29)26-21-12-15(2)9-10-16(21)3/h6-13H,1-5H3,(H,26,29). The van der Waals surface area contributed by atoms with Gasteiger partial charge in [0.2, 0.25) is 0 Å². The number of anilines is 1. The molecule has 0 spiro atoms. The smallest absolute Gasteiger partial charge is 0.259 e. The highest BCUT2D eigenvalue weighted by Crippen LogP contribution is 2.29. The fourth-order valence-electron chi connectivity index (χ4n) is 3.62. The van der Waals surface area contributed by atoms with E-state index in [1.807, 2.05) is 52.0 Å². The average Bonchev–Trinajstić information content (AvgIpc) is 3.02. The molecule has 0 aliphatic carbocycles. The predicted octanol–water partition coefficient (Wildman–Crippen LogP) is 5.19. The number of rotatable bonds is 3. The van der Waals surface area contributed by atoms with Crippen LogP contribution >= 0.6 is 0 Å². The molecule has 0 radical (unpaired) electrons. The number of hydrogen-bond donors (Lipinski definition) is 1. The molecule has 0 atom stereocenters. The molecule has 4 rings (SSSR count). The maximum atomic E-state index is 13.0. The van der Waals surface area contributed by atoms with E-state index >= 15 is 0 Å². The molecule has 1 amide bonds. The number of carbonyl (C=O) groups is 1. The fraction of sp³-hybridized carbons (Fsp3) is 0.208. The molecule has 5 nitrogen and oxygen atoms in total. The molecular formula is C24H24N4O. The van der Waals surface area contributed by atoms with Crippen LogP contribution in [0.2, 0.25) is 0 Å². The molecule has 0 unspecified atom stereocenters. The predicted molar refractivity (Wildman–Crippen MR) is 117 cm³/mol. The summed E-state index contributed by atoms with van der Waals surface area (Å²) in [7, 11) is 0. The molecule has 2 aromatic carbocycles. The molecule has 2 heterocycles. The third-order valence-corrected chi connectivity index (χ3v) is 5.25. The maximum absolute atomic E-state index is 13.0. The van der Waals surface area contributed by atoms with Gasteiger partial charge in [-0.3, -0.25) is 4.79 Å². The van der Waals surface area contributed by atoms with E-state index in [1.54, 1.807) is 10.7 Å². The normalized spacial score (nSPS) is 11.1. The molecular weight excluding hydrogens is 360 g/mol. The fourth-order valence-corrected chi connectivity index (χ4v) is 3.62. The van der Waals surface area contributed by atoms with Crippen LogP contribution in [0.15, 0.2) is 48.7 Å². The van der Waals surface area contributed by atoms with Crippen molar-refractivity contribution in [2.75, 3.05) is 5.32 Å². The first-order valence-corrected chi connectivity index (χ1v) is 9.65. The summed E-state index contributed by atoms with van der Waals surface area (Å²) in [6.07, 6.45) is 1.64. The molecule has 29 heavy (non-hydrogen) atoms. The number of aromatic nitrogens is 3. The Bertz CT molecular complexity index is 1250. The van der Waals surface area contributed by atoms with Crippen LogP contribution in [0.25, 0.3) is 16.8 Å². The second-order valence-electron chi connectivity index (χ2n) is 7.60. The van der Waals surface area contributed by atoms with Crippen LogP contribution in [0.3, 0.4) is 0 Å². The summed E-state index contributed by atoms with van der Waals surface area (Å²) in [5.41, 5.74) is 9.11. The number of aryl methyl sites for hydroxylation is 5. The van der Waals surface area contributed by atoms with Crippen molar-refractivity contribution in [3.63, 3.8) is 0 Å². The Morgan fingerprint density at radius 1 is 0.966 bits per heavy atom. The summed E-state index contributed by atoms with van der Waals surface area (Å²) >= 11 is 0. The van der Waals surface area contributed by atoms with Gasteiger partial charge in [0.1, 0.15) is 0 Å². The van der Waals surface area contributed by atoms with Gasteiger partial charge in [-0.25, -0.2) is 9.50 Å². The van der Waals surface area contributed by atoms with Crippen LogP contribution in [0, 0.1) is 34.6 Å². The highest BCUT2D eigenvalue weighted by molar-refractivity contribution is 6.05. The van der Waals surface area contributed by atoms with Gasteiger partial charge in [0.15, 0.2) is 5.65 Å². The second-order valence-corrected chi connectivity index (χ2v) is 7.60. The molecule has 0 aliphatic heterocycles. The van der Waals surface area contributed by atoms with Crippen LogP contribution in [-0.4, -0.2) is 20.5 Å². The second kappa shape index (κ2) is 7.17. The van der Waals surface area contributed by atoms with E-state index < -0.39 is 0 Å². The summed E-state index contributed by atoms with van der Waals surface area (Å²) < 4.78 is 1.77. The number of benzene rings is 2. The first-order valence-electron chi connectivity index (χ1n) is 9.65. The lowest BCUT2D eigenvalue weighted by Crippen LogP contribution is -2.16. The van der Waals surface area contributed by atoms with Crippen molar-refractivity contribution < 1.29 is 4.79 Å². The number of carbonyl (C=O) groups excluding carboxylic acids is 1. The molecule has 0 saturated heterocycles. The van der Waals surface area contributed by atoms with Gasteiger partial charge in [-0.1, -0.05) is 42.0 Å². The Morgan fingerprint density at radius 2 is 1.72 bits per heavy atom. The lowest BCUT2D eigenvalue weighted by Gasteiger charge is -2.11. The van der Waals surface area contributed by atoms with Crippen LogP contribution < -0.4 is 5.32 Å². The van der Waals surface area contributed by atoms with Crippen LogP contribution in [0.5, 0.6) is 0 Å². The molecule has 0 aliphatic rings. The lowest BCUT2D eigenvalue weighted by molar-refractivity contribution is 0.102. The molecule has 0 fully saturated rings. The van der Waals surface area contributed by atoms with Gasteiger partial charge in [-0.15, -0.1) is 0 Å². The van der Waals surface area contributed by atoms with Crippen LogP contribution in [0.4, 0.5) is 5.69 Å². The summed E-state index contributed by atoms with van der Waals surface area (Å²) in [5, 5.41) is 7.69. The summed E-state index contributed by atoms with van der Waals surface area (Å²) in [6.45, 7) is 9.93. The van der Waals surface area contributed by atoms with Crippen molar-refractivity contribution in [1.82, 2.24) is 14.6 Å². The maximum Gasteiger partial charge on any atom is 0.259 e. The van der Waals surface area contributed by atoms with E-state index in [1.165, 1.54) is 5.56 Å². The van der Waals surface area contributed by atoms with E-state index in [2.05, 4.69) is 40.5 Å². The van der Waals surface area contributed by atoms with Gasteiger partial charge >= 0.3 is 0 Å². The largest absolute Gasteiger partial charge is 0.322 e. The van der Waals surface area contributed by atoms with E-state index in [0.717, 1.165) is 45.0 Å². The Hall–Kier alpha value is -3.47. The molecule has 1 N–H and O–H groups in total. The third kappa shape index (κ3) is 3.40. The Morgan fingerprint density at radius 3 is 2.48 bits per heavy atom. The Labute approximate surface area is 170 Å². The number of hydrogen-bond acceptors (Lipinski definition) is 3. The van der Waals surface area contributed by atoms with Gasteiger partial charge in [0, 0.05) is 17.4 Å². The zero-order chi connectivity index (χ0) is 20.7. The zero-order valence-corrected chi connectivity index (χ0v) is 17.4. The van der Waals surface area contributed by atoms with Crippen molar-refractivity contribution in [3.05, 3.63) is 82.3 Å². The van der Waals surface area contributed by atoms with Gasteiger partial charge in [0.05, 0.1) is 17.0 Å². The molecule has 146 valence electrons. The van der Waals surface area contributed by atoms with Crippen LogP contribution in [-0.2, 0) is 0 Å². The summed E-state index contributed by atoms with van der Waals surface area (Å²) in [6, 6.07) is 14.3. The molecule has 0 saturated carbocycles. The minimum absolute atomic E-state index is 0.184. The van der Waals surface area contributed by atoms with Crippen molar-refractivity contribution >= 4 is 17.2 Å². The van der Waals surface area contributed by atoms with Crippen molar-refractivity contribution in [2.24, 2.45) is 0 Å². The number of fused-ring (bicyclic) bond motifs is 1. The molecule has 5 heteroatoms. The molecule has 4 aromatic rings. The van der Waals surface area contributed by atoms with Gasteiger partial charge < -0.3 is 5.32 Å². The topological polar surface area (TPSA) is 59.3 Å². The quantitative estimate of drug-likeness (QED) is 0.529. The van der Waals surface area contributed by atoms with Crippen LogP contribution in [0.1, 0.15) is 38.4 Å². The van der Waals surface area contributed by atoms with Gasteiger partial charge in [-0.2, -0.15) is 5.10 Å². The van der Waals surface area contributed by atoms with Crippen molar-refractivity contribution in [2.45, 2.75) is 34.6 Å². The van der Waals surface area contributed by atoms with Gasteiger partial charge in [-0.05, 0) is 57.4 Å². The monoisotopic (exact) mass is 384 g/mol. The SMILES string of the molecule is Cc1cccc(-c2c(C)nn3c(C)c(C(=O)Nc4cc(C)ccc4C)cnc23)c1. The highest BCUT2D eigenvalue weighted by atomic mass is 16.1. The van der Waals surface area contributed by atoms with E-state index in [9.17, 15) is 4.79 Å². The van der Waals surface area contributed by atoms with Gasteiger partial charge in [0.25, 0.3) is 5.91 Å². The van der Waals surface area contributed by atoms with Crippen molar-refractivity contribution in [1.29, 1.82) is 0 Å². The molecule has 0 bridgehead atoms. The number of nitrogens with zero attached hydrogens (tertiary/aromatic N) is 3. The summed E-state index contributed by atoms with van der Waals surface area (Å²) in [5.74, 6) is -0.184. The zero-order valence-electron chi connectivity index (χ0n) is 17.4. The minimum atomic E-state index is -0.184. The van der Waals surface area contributed by atoms with E-state index in [-0.39, 0.29) is 5.91 Å². The first kappa shape index (κ1) is 18.9. The average molecular weight is 384 g/mol. The lowest BCUT2D eigenvalue weighted by atomic mass is 10.0. The van der Waals surface area contributed by atoms with E-state index in [0.29, 0.717) is 5.56 Å². The number of amides is 1. The Balaban J connectivity index is 1.77. The molecule has 2 aromatic heterocycles. The number of nitrogens with one attached hydrogen (secondary N) is 1. The third-order valence-electron chi connectivity index (χ3n) is 5.25. The first-order chi connectivity index (χ1) is 13.8. The van der Waals surface area contributed by atoms with E-state index in [4.69, 9.17) is 0 Å². The highest BCUT2D eigenvalue weighted by Gasteiger charge is 2.19. The summed E-state index contributed by atoms with van der Waals surface area (Å²) in [4.78, 5) is 17.6.